The van der Waals surface area contributed by atoms with Crippen molar-refractivity contribution in [3.8, 4) is 22.6 Å². The second kappa shape index (κ2) is 10.7. The van der Waals surface area contributed by atoms with Crippen LogP contribution in [0.15, 0.2) is 41.7 Å². The second-order valence-electron chi connectivity index (χ2n) is 10.5. The summed E-state index contributed by atoms with van der Waals surface area (Å²) >= 11 is 6.82. The van der Waals surface area contributed by atoms with E-state index in [0.29, 0.717) is 36.4 Å². The van der Waals surface area contributed by atoms with Crippen molar-refractivity contribution in [1.82, 2.24) is 19.4 Å². The molecule has 2 aliphatic rings. The van der Waals surface area contributed by atoms with E-state index in [-0.39, 0.29) is 58.3 Å². The number of phenolic OH excluding ortho intramolecular Hbond substituents is 1. The average molecular weight is 570 g/mol. The van der Waals surface area contributed by atoms with Crippen molar-refractivity contribution >= 4 is 34.2 Å². The molecule has 40 heavy (non-hydrogen) atoms. The number of hydrogen-bond acceptors (Lipinski definition) is 7. The monoisotopic (exact) mass is 569 g/mol. The zero-order valence-corrected chi connectivity index (χ0v) is 23.8. The Balaban J connectivity index is 1.77. The zero-order valence-electron chi connectivity index (χ0n) is 23.0. The van der Waals surface area contributed by atoms with Crippen molar-refractivity contribution in [2.75, 3.05) is 44.7 Å². The molecule has 1 amide bonds. The molecular weight excluding hydrogens is 537 g/mol. The summed E-state index contributed by atoms with van der Waals surface area (Å²) in [5, 5.41) is 11.4. The molecule has 3 aromatic rings. The summed E-state index contributed by atoms with van der Waals surface area (Å²) in [4.78, 5) is 36.6. The largest absolute Gasteiger partial charge is 0.507 e. The minimum Gasteiger partial charge on any atom is -0.507 e. The van der Waals surface area contributed by atoms with E-state index in [4.69, 9.17) is 16.3 Å². The number of phenols is 1. The topological polar surface area (TPSA) is 91.1 Å². The lowest BCUT2D eigenvalue weighted by Crippen LogP contribution is -2.58. The molecule has 2 aliphatic heterocycles. The Morgan fingerprint density at radius 3 is 2.73 bits per heavy atom. The number of piperazine rings is 1. The number of carbonyl (C=O) groups excluding carboxylic acids is 1. The first-order valence-electron chi connectivity index (χ1n) is 13.3. The van der Waals surface area contributed by atoms with E-state index in [1.165, 1.54) is 24.3 Å². The maximum absolute atomic E-state index is 15.1. The summed E-state index contributed by atoms with van der Waals surface area (Å²) in [5.41, 5.74) is 0.0731. The van der Waals surface area contributed by atoms with Crippen LogP contribution in [-0.2, 0) is 4.79 Å². The Morgan fingerprint density at radius 1 is 1.30 bits per heavy atom. The van der Waals surface area contributed by atoms with Crippen LogP contribution in [0.5, 0.6) is 11.5 Å². The number of ether oxygens (including phenoxy) is 1. The molecule has 5 rings (SSSR count). The third-order valence-corrected chi connectivity index (χ3v) is 8.20. The quantitative estimate of drug-likeness (QED) is 0.448. The van der Waals surface area contributed by atoms with E-state index in [2.05, 4.69) is 16.5 Å². The standard InChI is InChI=1S/C29H33ClFN5O4/c1-6-23(38)34-12-17(4)35(13-16(34)3)28-19-11-20(30)24(25-21(31)9-8-10-22(25)37)27-26(19)36(29(39)32-28)18(15-40-27)14-33(5)7-2/h6,8-11,16-18,37H,1,7,12-15H2,2-5H3/t16-,17+,18+/m1/s1. The van der Waals surface area contributed by atoms with Gasteiger partial charge in [0.2, 0.25) is 5.91 Å². The summed E-state index contributed by atoms with van der Waals surface area (Å²) in [6.45, 7) is 11.8. The molecule has 1 fully saturated rings. The fourth-order valence-electron chi connectivity index (χ4n) is 5.74. The summed E-state index contributed by atoms with van der Waals surface area (Å²) in [6, 6.07) is 5.00. The molecule has 0 spiro atoms. The molecule has 9 nitrogen and oxygen atoms in total. The second-order valence-corrected chi connectivity index (χ2v) is 11.0. The van der Waals surface area contributed by atoms with Crippen molar-refractivity contribution in [3.63, 3.8) is 0 Å². The molecule has 0 unspecified atom stereocenters. The highest BCUT2D eigenvalue weighted by Crippen LogP contribution is 2.49. The van der Waals surface area contributed by atoms with E-state index in [0.717, 1.165) is 6.54 Å². The molecule has 0 radical (unpaired) electrons. The van der Waals surface area contributed by atoms with Crippen LogP contribution in [0.3, 0.4) is 0 Å². The first-order valence-corrected chi connectivity index (χ1v) is 13.7. The van der Waals surface area contributed by atoms with Gasteiger partial charge in [0.1, 0.15) is 24.0 Å². The molecule has 3 atom stereocenters. The van der Waals surface area contributed by atoms with Crippen LogP contribution < -0.4 is 15.3 Å². The molecule has 2 aromatic carbocycles. The van der Waals surface area contributed by atoms with Gasteiger partial charge < -0.3 is 24.5 Å². The van der Waals surface area contributed by atoms with E-state index in [1.807, 2.05) is 32.7 Å². The first-order chi connectivity index (χ1) is 19.1. The fraction of sp³-hybridized carbons (Fsp3) is 0.414. The van der Waals surface area contributed by atoms with Gasteiger partial charge in [-0.3, -0.25) is 9.36 Å². The zero-order chi connectivity index (χ0) is 28.9. The van der Waals surface area contributed by atoms with Gasteiger partial charge >= 0.3 is 5.69 Å². The van der Waals surface area contributed by atoms with Crippen LogP contribution in [0, 0.1) is 5.82 Å². The Kier molecular flexibility index (Phi) is 7.50. The SMILES string of the molecule is C=CC(=O)N1C[C@H](C)N(c2nc(=O)n3c4c(c(-c5c(O)cccc5F)c(Cl)cc24)OC[C@@H]3CN(C)CC)C[C@H]1C. The number of carbonyl (C=O) groups is 1. The summed E-state index contributed by atoms with van der Waals surface area (Å²) in [6.07, 6.45) is 1.30. The van der Waals surface area contributed by atoms with Gasteiger partial charge in [-0.15, -0.1) is 0 Å². The van der Waals surface area contributed by atoms with Gasteiger partial charge in [0.25, 0.3) is 0 Å². The van der Waals surface area contributed by atoms with Gasteiger partial charge in [-0.25, -0.2) is 9.18 Å². The third-order valence-electron chi connectivity index (χ3n) is 7.90. The molecule has 1 aromatic heterocycles. The van der Waals surface area contributed by atoms with Crippen LogP contribution in [0.4, 0.5) is 10.2 Å². The average Bonchev–Trinajstić information content (AvgIpc) is 2.92. The van der Waals surface area contributed by atoms with Crippen LogP contribution in [0.2, 0.25) is 5.02 Å². The lowest BCUT2D eigenvalue weighted by atomic mass is 9.98. The van der Waals surface area contributed by atoms with Crippen molar-refractivity contribution < 1.29 is 19.0 Å². The highest BCUT2D eigenvalue weighted by Gasteiger charge is 2.36. The van der Waals surface area contributed by atoms with E-state index in [1.54, 1.807) is 15.5 Å². The number of aromatic nitrogens is 2. The normalized spacial score (nSPS) is 20.6. The lowest BCUT2D eigenvalue weighted by Gasteiger charge is -2.45. The number of hydrogen-bond donors (Lipinski definition) is 1. The number of aromatic hydroxyl groups is 1. The van der Waals surface area contributed by atoms with Gasteiger partial charge in [-0.05, 0) is 51.7 Å². The van der Waals surface area contributed by atoms with Gasteiger partial charge in [-0.2, -0.15) is 4.98 Å². The predicted octanol–water partition coefficient (Wildman–Crippen LogP) is 4.06. The number of likely N-dealkylation sites (N-methyl/N-ethyl adjacent to an activating group) is 1. The summed E-state index contributed by atoms with van der Waals surface area (Å²) < 4.78 is 23.0. The van der Waals surface area contributed by atoms with Crippen molar-refractivity contribution in [1.29, 1.82) is 0 Å². The number of amides is 1. The Labute approximate surface area is 237 Å². The highest BCUT2D eigenvalue weighted by molar-refractivity contribution is 6.35. The van der Waals surface area contributed by atoms with E-state index in [9.17, 15) is 14.7 Å². The number of anilines is 1. The molecule has 3 heterocycles. The maximum atomic E-state index is 15.1. The molecule has 0 saturated carbocycles. The number of nitrogens with zero attached hydrogens (tertiary/aromatic N) is 5. The van der Waals surface area contributed by atoms with Crippen molar-refractivity contribution in [2.45, 2.75) is 38.9 Å². The van der Waals surface area contributed by atoms with Gasteiger partial charge in [0, 0.05) is 37.1 Å². The fourth-order valence-corrected chi connectivity index (χ4v) is 6.03. The minimum absolute atomic E-state index is 0.0931. The smallest absolute Gasteiger partial charge is 0.350 e. The highest BCUT2D eigenvalue weighted by atomic mass is 35.5. The molecule has 11 heteroatoms. The van der Waals surface area contributed by atoms with Crippen LogP contribution >= 0.6 is 11.6 Å². The Morgan fingerprint density at radius 2 is 2.05 bits per heavy atom. The van der Waals surface area contributed by atoms with E-state index < -0.39 is 11.5 Å². The molecule has 0 aliphatic carbocycles. The molecule has 1 N–H and O–H groups in total. The Bertz CT molecular complexity index is 1540. The van der Waals surface area contributed by atoms with Gasteiger partial charge in [0.15, 0.2) is 5.75 Å². The molecule has 1 saturated heterocycles. The number of benzene rings is 2. The van der Waals surface area contributed by atoms with Crippen molar-refractivity contribution in [3.05, 3.63) is 58.2 Å². The molecular formula is C29H33ClFN5O4. The number of halogens is 2. The van der Waals surface area contributed by atoms with E-state index >= 15 is 4.39 Å². The van der Waals surface area contributed by atoms with Gasteiger partial charge in [0.05, 0.1) is 27.7 Å². The van der Waals surface area contributed by atoms with Gasteiger partial charge in [-0.1, -0.05) is 31.2 Å². The number of rotatable bonds is 6. The first kappa shape index (κ1) is 27.9. The van der Waals surface area contributed by atoms with Crippen LogP contribution in [-0.4, -0.2) is 82.3 Å². The minimum atomic E-state index is -0.664. The van der Waals surface area contributed by atoms with Crippen LogP contribution in [0.1, 0.15) is 26.8 Å². The summed E-state index contributed by atoms with van der Waals surface area (Å²) in [5.74, 6) is -0.468. The van der Waals surface area contributed by atoms with Crippen molar-refractivity contribution in [2.24, 2.45) is 0 Å². The third kappa shape index (κ3) is 4.58. The molecule has 212 valence electrons. The lowest BCUT2D eigenvalue weighted by molar-refractivity contribution is -0.128. The predicted molar refractivity (Wildman–Crippen MR) is 154 cm³/mol. The Hall–Kier alpha value is -3.63. The van der Waals surface area contributed by atoms with Crippen LogP contribution in [0.25, 0.3) is 22.0 Å². The maximum Gasteiger partial charge on any atom is 0.350 e. The molecule has 0 bridgehead atoms. The summed E-state index contributed by atoms with van der Waals surface area (Å²) in [7, 11) is 1.96.